The molecule has 6 nitrogen and oxygen atoms in total. The van der Waals surface area contributed by atoms with Crippen LogP contribution in [-0.4, -0.2) is 23.6 Å². The minimum absolute atomic E-state index is 0.0563. The maximum absolute atomic E-state index is 11.1. The summed E-state index contributed by atoms with van der Waals surface area (Å²) in [5.74, 6) is 2.24. The van der Waals surface area contributed by atoms with Crippen LogP contribution < -0.4 is 10.2 Å². The summed E-state index contributed by atoms with van der Waals surface area (Å²) in [6.45, 7) is 5.77. The van der Waals surface area contributed by atoms with E-state index in [0.717, 1.165) is 30.8 Å². The highest BCUT2D eigenvalue weighted by Gasteiger charge is 2.63. The maximum atomic E-state index is 11.1. The average Bonchev–Trinajstić information content (AvgIpc) is 2.80. The molecule has 6 heteroatoms. The van der Waals surface area contributed by atoms with Gasteiger partial charge in [-0.1, -0.05) is 26.3 Å². The molecule has 0 aromatic heterocycles. The monoisotopic (exact) mass is 435 g/mol. The molecular formula is C26H33N3O3. The number of nitrogens with zero attached hydrogens (tertiary/aromatic N) is 2. The molecule has 2 bridgehead atoms. The number of non-ortho nitro benzene ring substituents is 1. The summed E-state index contributed by atoms with van der Waals surface area (Å²) in [4.78, 5) is 10.7. The van der Waals surface area contributed by atoms with Crippen LogP contribution in [0.5, 0.6) is 5.75 Å². The molecule has 32 heavy (non-hydrogen) atoms. The van der Waals surface area contributed by atoms with Crippen LogP contribution in [0.2, 0.25) is 0 Å². The summed E-state index contributed by atoms with van der Waals surface area (Å²) in [5, 5.41) is 13.6. The van der Waals surface area contributed by atoms with Crippen molar-refractivity contribution in [2.24, 2.45) is 17.3 Å². The van der Waals surface area contributed by atoms with Crippen LogP contribution >= 0.6 is 0 Å². The molecule has 6 rings (SSSR count). The zero-order valence-electron chi connectivity index (χ0n) is 19.3. The third kappa shape index (κ3) is 3.11. The minimum Gasteiger partial charge on any atom is -0.497 e. The lowest BCUT2D eigenvalue weighted by Gasteiger charge is -2.68. The standard InChI is InChI=1S/C26H33N3O3/c1-4-5-23-24-12-6-18-16-21(32-3)11-13-22(18)26(24)15-14-25(23,2)17-28(26)27-19-7-9-20(10-8-19)29(30)31/h7-11,13,16,23-24,27H,4-6,12,14-15,17H2,1-3H3/t23-,24-,25+,26-/m0/s1. The predicted octanol–water partition coefficient (Wildman–Crippen LogP) is 5.92. The van der Waals surface area contributed by atoms with Crippen LogP contribution in [0.4, 0.5) is 11.4 Å². The van der Waals surface area contributed by atoms with Gasteiger partial charge in [0.1, 0.15) is 5.75 Å². The topological polar surface area (TPSA) is 67.6 Å². The number of hydrazine groups is 1. The van der Waals surface area contributed by atoms with Crippen molar-refractivity contribution in [3.63, 3.8) is 0 Å². The molecule has 0 unspecified atom stereocenters. The fourth-order valence-corrected chi connectivity index (χ4v) is 7.07. The van der Waals surface area contributed by atoms with Gasteiger partial charge in [-0.05, 0) is 84.7 Å². The van der Waals surface area contributed by atoms with Crippen LogP contribution in [-0.2, 0) is 12.0 Å². The number of anilines is 1. The van der Waals surface area contributed by atoms with Crippen LogP contribution in [0, 0.1) is 27.4 Å². The van der Waals surface area contributed by atoms with E-state index < -0.39 is 0 Å². The zero-order chi connectivity index (χ0) is 22.5. The Balaban J connectivity index is 1.58. The number of methoxy groups -OCH3 is 1. The number of hydrogen-bond donors (Lipinski definition) is 1. The number of aryl methyl sites for hydroxylation is 1. The highest BCUT2D eigenvalue weighted by atomic mass is 16.6. The molecule has 2 aromatic carbocycles. The van der Waals surface area contributed by atoms with Crippen molar-refractivity contribution in [3.8, 4) is 5.75 Å². The lowest BCUT2D eigenvalue weighted by atomic mass is 9.47. The zero-order valence-corrected chi connectivity index (χ0v) is 19.3. The molecule has 2 aliphatic carbocycles. The highest BCUT2D eigenvalue weighted by Crippen LogP contribution is 2.64. The molecule has 2 aromatic rings. The smallest absolute Gasteiger partial charge is 0.269 e. The second kappa shape index (κ2) is 7.77. The summed E-state index contributed by atoms with van der Waals surface area (Å²) in [6.07, 6.45) is 7.16. The Kier molecular flexibility index (Phi) is 5.16. The number of nitrogens with one attached hydrogen (secondary N) is 1. The largest absolute Gasteiger partial charge is 0.497 e. The van der Waals surface area contributed by atoms with E-state index >= 15 is 0 Å². The Labute approximate surface area is 190 Å². The summed E-state index contributed by atoms with van der Waals surface area (Å²) < 4.78 is 5.54. The quantitative estimate of drug-likeness (QED) is 0.451. The molecule has 4 atom stereocenters. The van der Waals surface area contributed by atoms with E-state index in [-0.39, 0.29) is 21.6 Å². The van der Waals surface area contributed by atoms with Gasteiger partial charge in [0.2, 0.25) is 0 Å². The second-order valence-electron chi connectivity index (χ2n) is 10.1. The van der Waals surface area contributed by atoms with Gasteiger partial charge < -0.3 is 10.2 Å². The molecule has 4 aliphatic rings. The second-order valence-corrected chi connectivity index (χ2v) is 10.1. The number of ether oxygens (including phenoxy) is 1. The maximum Gasteiger partial charge on any atom is 0.269 e. The van der Waals surface area contributed by atoms with E-state index in [1.165, 1.54) is 36.8 Å². The van der Waals surface area contributed by atoms with E-state index in [1.807, 2.05) is 12.1 Å². The van der Waals surface area contributed by atoms with Crippen LogP contribution in [0.15, 0.2) is 42.5 Å². The Morgan fingerprint density at radius 1 is 1.22 bits per heavy atom. The summed E-state index contributed by atoms with van der Waals surface area (Å²) in [5.41, 5.74) is 7.80. The summed E-state index contributed by atoms with van der Waals surface area (Å²) in [7, 11) is 1.73. The van der Waals surface area contributed by atoms with E-state index in [9.17, 15) is 10.1 Å². The summed E-state index contributed by atoms with van der Waals surface area (Å²) in [6, 6.07) is 13.5. The van der Waals surface area contributed by atoms with Gasteiger partial charge in [-0.3, -0.25) is 10.1 Å². The third-order valence-electron chi connectivity index (χ3n) is 8.52. The van der Waals surface area contributed by atoms with Gasteiger partial charge in [0.15, 0.2) is 0 Å². The molecule has 2 heterocycles. The van der Waals surface area contributed by atoms with Crippen LogP contribution in [0.1, 0.15) is 57.1 Å². The van der Waals surface area contributed by atoms with Gasteiger partial charge in [-0.25, -0.2) is 5.01 Å². The highest BCUT2D eigenvalue weighted by molar-refractivity contribution is 5.50. The van der Waals surface area contributed by atoms with E-state index in [0.29, 0.717) is 11.8 Å². The van der Waals surface area contributed by atoms with Gasteiger partial charge in [-0.15, -0.1) is 0 Å². The van der Waals surface area contributed by atoms with Gasteiger partial charge in [0, 0.05) is 24.4 Å². The Hall–Kier alpha value is -2.60. The normalized spacial score (nSPS) is 31.0. The number of benzene rings is 2. The summed E-state index contributed by atoms with van der Waals surface area (Å²) >= 11 is 0. The molecule has 2 aliphatic heterocycles. The lowest BCUT2D eigenvalue weighted by molar-refractivity contribution is -0.384. The number of nitro groups is 1. The van der Waals surface area contributed by atoms with Gasteiger partial charge in [0.25, 0.3) is 5.69 Å². The van der Waals surface area contributed by atoms with Crippen molar-refractivity contribution in [1.29, 1.82) is 0 Å². The minimum atomic E-state index is -0.345. The van der Waals surface area contributed by atoms with Crippen molar-refractivity contribution in [2.45, 2.75) is 57.9 Å². The van der Waals surface area contributed by atoms with Crippen molar-refractivity contribution in [1.82, 2.24) is 5.01 Å². The number of fused-ring (bicyclic) bond motifs is 3. The fraction of sp³-hybridized carbons (Fsp3) is 0.538. The molecule has 2 saturated heterocycles. The first-order valence-electron chi connectivity index (χ1n) is 11.9. The number of nitro benzene ring substituents is 1. The van der Waals surface area contributed by atoms with E-state index in [1.54, 1.807) is 19.2 Å². The molecule has 1 spiro atoms. The van der Waals surface area contributed by atoms with Crippen molar-refractivity contribution in [2.75, 3.05) is 19.1 Å². The third-order valence-corrected chi connectivity index (χ3v) is 8.52. The first kappa shape index (κ1) is 21.3. The molecule has 0 radical (unpaired) electrons. The van der Waals surface area contributed by atoms with Crippen molar-refractivity contribution >= 4 is 11.4 Å². The first-order valence-corrected chi connectivity index (χ1v) is 11.9. The molecular weight excluding hydrogens is 402 g/mol. The van der Waals surface area contributed by atoms with E-state index in [4.69, 9.17) is 4.74 Å². The predicted molar refractivity (Wildman–Crippen MR) is 126 cm³/mol. The Morgan fingerprint density at radius 3 is 2.69 bits per heavy atom. The number of piperidine rings is 2. The number of hydrogen-bond acceptors (Lipinski definition) is 5. The molecule has 3 fully saturated rings. The lowest BCUT2D eigenvalue weighted by Crippen LogP contribution is -2.70. The molecule has 1 saturated carbocycles. The Morgan fingerprint density at radius 2 is 2.00 bits per heavy atom. The van der Waals surface area contributed by atoms with Gasteiger partial charge in [0.05, 0.1) is 17.6 Å². The van der Waals surface area contributed by atoms with Gasteiger partial charge >= 0.3 is 0 Å². The molecule has 170 valence electrons. The average molecular weight is 436 g/mol. The fourth-order valence-electron chi connectivity index (χ4n) is 7.07. The molecule has 0 amide bonds. The van der Waals surface area contributed by atoms with Crippen molar-refractivity contribution < 1.29 is 9.66 Å². The van der Waals surface area contributed by atoms with E-state index in [2.05, 4.69) is 42.5 Å². The SMILES string of the molecule is CCC[C@H]1[C@@H]2CCc3cc(OC)ccc3[C@@]23CC[C@]1(C)CN3Nc1ccc([N+](=O)[O-])cc1. The first-order chi connectivity index (χ1) is 15.4. The van der Waals surface area contributed by atoms with Gasteiger partial charge in [-0.2, -0.15) is 0 Å². The van der Waals surface area contributed by atoms with Crippen LogP contribution in [0.25, 0.3) is 0 Å². The van der Waals surface area contributed by atoms with Crippen LogP contribution in [0.3, 0.4) is 0 Å². The Bertz CT molecular complexity index is 1020. The molecule has 1 N–H and O–H groups in total. The van der Waals surface area contributed by atoms with Crippen molar-refractivity contribution in [3.05, 3.63) is 63.7 Å². The number of rotatable bonds is 6.